The number of carbonyl (C=O) groups excluding carboxylic acids is 1. The summed E-state index contributed by atoms with van der Waals surface area (Å²) >= 11 is 0. The van der Waals surface area contributed by atoms with Crippen LogP contribution in [0.1, 0.15) is 77.5 Å². The van der Waals surface area contributed by atoms with Gasteiger partial charge in [0.15, 0.2) is 5.69 Å². The van der Waals surface area contributed by atoms with Crippen molar-refractivity contribution < 1.29 is 13.9 Å². The maximum Gasteiger partial charge on any atom is 0.359 e. The summed E-state index contributed by atoms with van der Waals surface area (Å²) in [6.45, 7) is 6.93. The third-order valence-electron chi connectivity index (χ3n) is 6.81. The number of halogens is 1. The summed E-state index contributed by atoms with van der Waals surface area (Å²) in [6, 6.07) is 3.51. The molecule has 0 saturated carbocycles. The van der Waals surface area contributed by atoms with Crippen molar-refractivity contribution in [2.45, 2.75) is 72.3 Å². The molecular formula is C25H31FN2O2. The molecule has 2 aliphatic carbocycles. The number of ether oxygens (including phenoxy) is 1. The van der Waals surface area contributed by atoms with Crippen LogP contribution in [0.4, 0.5) is 4.39 Å². The number of esters is 1. The minimum Gasteiger partial charge on any atom is -0.461 e. The average molecular weight is 411 g/mol. The Kier molecular flexibility index (Phi) is 6.07. The Morgan fingerprint density at radius 1 is 1.23 bits per heavy atom. The summed E-state index contributed by atoms with van der Waals surface area (Å²) in [7, 11) is 0. The molecule has 1 heterocycles. The van der Waals surface area contributed by atoms with Crippen molar-refractivity contribution in [1.82, 2.24) is 9.78 Å². The lowest BCUT2D eigenvalue weighted by molar-refractivity contribution is 0.0517. The second kappa shape index (κ2) is 8.75. The lowest BCUT2D eigenvalue weighted by atomic mass is 9.83. The van der Waals surface area contributed by atoms with E-state index in [9.17, 15) is 9.18 Å². The zero-order chi connectivity index (χ0) is 21.3. The lowest BCUT2D eigenvalue weighted by Crippen LogP contribution is -2.13. The first kappa shape index (κ1) is 20.8. The molecule has 1 aromatic heterocycles. The highest BCUT2D eigenvalue weighted by molar-refractivity contribution is 5.89. The number of hydrogen-bond donors (Lipinski definition) is 0. The molecular weight excluding hydrogens is 379 g/mol. The zero-order valence-electron chi connectivity index (χ0n) is 18.3. The molecule has 160 valence electrons. The van der Waals surface area contributed by atoms with Crippen LogP contribution in [0.3, 0.4) is 0 Å². The van der Waals surface area contributed by atoms with Crippen molar-refractivity contribution >= 4 is 11.5 Å². The first-order valence-corrected chi connectivity index (χ1v) is 11.2. The van der Waals surface area contributed by atoms with Crippen LogP contribution in [0.15, 0.2) is 18.2 Å². The summed E-state index contributed by atoms with van der Waals surface area (Å²) in [6.07, 6.45) is 9.62. The Balaban J connectivity index is 1.42. The van der Waals surface area contributed by atoms with Crippen LogP contribution in [0.2, 0.25) is 0 Å². The number of rotatable bonds is 6. The van der Waals surface area contributed by atoms with Crippen LogP contribution in [-0.2, 0) is 24.1 Å². The van der Waals surface area contributed by atoms with Gasteiger partial charge in [-0.05, 0) is 100.0 Å². The third-order valence-corrected chi connectivity index (χ3v) is 6.81. The van der Waals surface area contributed by atoms with Gasteiger partial charge in [-0.3, -0.25) is 4.68 Å². The number of fused-ring (bicyclic) bond motifs is 1. The maximum absolute atomic E-state index is 13.8. The molecule has 2 aliphatic rings. The van der Waals surface area contributed by atoms with E-state index in [1.54, 1.807) is 6.07 Å². The fourth-order valence-electron chi connectivity index (χ4n) is 4.89. The molecule has 0 aliphatic heterocycles. The highest BCUT2D eigenvalue weighted by Gasteiger charge is 2.27. The Hall–Kier alpha value is -2.43. The van der Waals surface area contributed by atoms with Gasteiger partial charge in [0.2, 0.25) is 0 Å². The van der Waals surface area contributed by atoms with Crippen LogP contribution in [0, 0.1) is 25.6 Å². The monoisotopic (exact) mass is 410 g/mol. The molecule has 30 heavy (non-hydrogen) atoms. The fourth-order valence-corrected chi connectivity index (χ4v) is 4.89. The average Bonchev–Trinajstić information content (AvgIpc) is 3.35. The van der Waals surface area contributed by atoms with Crippen molar-refractivity contribution in [2.24, 2.45) is 5.92 Å². The minimum absolute atomic E-state index is 0.125. The van der Waals surface area contributed by atoms with Crippen molar-refractivity contribution in [2.75, 3.05) is 6.61 Å². The fraction of sp³-hybridized carbons (Fsp3) is 0.520. The van der Waals surface area contributed by atoms with Gasteiger partial charge in [0.05, 0.1) is 6.61 Å². The molecule has 1 unspecified atom stereocenters. The summed E-state index contributed by atoms with van der Waals surface area (Å²) in [5, 5.41) is 4.62. The Morgan fingerprint density at radius 3 is 2.80 bits per heavy atom. The van der Waals surface area contributed by atoms with E-state index >= 15 is 0 Å². The predicted octanol–water partition coefficient (Wildman–Crippen LogP) is 5.58. The summed E-state index contributed by atoms with van der Waals surface area (Å²) in [5.74, 6) is 0.201. The molecule has 5 heteroatoms. The van der Waals surface area contributed by atoms with Gasteiger partial charge in [-0.15, -0.1) is 0 Å². The van der Waals surface area contributed by atoms with E-state index in [1.165, 1.54) is 16.8 Å². The summed E-state index contributed by atoms with van der Waals surface area (Å²) in [4.78, 5) is 12.2. The molecule has 2 aromatic rings. The zero-order valence-corrected chi connectivity index (χ0v) is 18.3. The SMILES string of the molecule is CCOC(=O)c1nn(CCC2CC=C(c3ccc(F)c(C)c3C)CC2)c2c1CCC2. The summed E-state index contributed by atoms with van der Waals surface area (Å²) in [5.41, 5.74) is 7.19. The summed E-state index contributed by atoms with van der Waals surface area (Å²) < 4.78 is 21.0. The molecule has 0 radical (unpaired) electrons. The quantitative estimate of drug-likeness (QED) is 0.584. The molecule has 1 aromatic carbocycles. The van der Waals surface area contributed by atoms with E-state index in [0.717, 1.165) is 68.2 Å². The normalized spacial score (nSPS) is 18.3. The Bertz CT molecular complexity index is 990. The molecule has 0 bridgehead atoms. The number of benzene rings is 1. The van der Waals surface area contributed by atoms with E-state index in [4.69, 9.17) is 4.74 Å². The first-order chi connectivity index (χ1) is 14.5. The van der Waals surface area contributed by atoms with Crippen molar-refractivity contribution in [3.8, 4) is 0 Å². The van der Waals surface area contributed by atoms with Crippen molar-refractivity contribution in [3.05, 3.63) is 57.7 Å². The number of aryl methyl sites for hydroxylation is 1. The maximum atomic E-state index is 13.8. The second-order valence-corrected chi connectivity index (χ2v) is 8.57. The van der Waals surface area contributed by atoms with Crippen LogP contribution in [-0.4, -0.2) is 22.4 Å². The lowest BCUT2D eigenvalue weighted by Gasteiger charge is -2.23. The molecule has 4 rings (SSSR count). The van der Waals surface area contributed by atoms with E-state index in [2.05, 4.69) is 15.9 Å². The molecule has 1 atom stereocenters. The Labute approximate surface area is 178 Å². The van der Waals surface area contributed by atoms with E-state index in [0.29, 0.717) is 18.2 Å². The van der Waals surface area contributed by atoms with E-state index < -0.39 is 0 Å². The van der Waals surface area contributed by atoms with E-state index in [-0.39, 0.29) is 11.8 Å². The van der Waals surface area contributed by atoms with Gasteiger partial charge < -0.3 is 4.74 Å². The smallest absolute Gasteiger partial charge is 0.359 e. The largest absolute Gasteiger partial charge is 0.461 e. The van der Waals surface area contributed by atoms with Crippen LogP contribution < -0.4 is 0 Å². The van der Waals surface area contributed by atoms with Gasteiger partial charge in [0.25, 0.3) is 0 Å². The predicted molar refractivity (Wildman–Crippen MR) is 116 cm³/mol. The molecule has 0 fully saturated rings. The molecule has 0 amide bonds. The highest BCUT2D eigenvalue weighted by atomic mass is 19.1. The number of hydrogen-bond acceptors (Lipinski definition) is 3. The van der Waals surface area contributed by atoms with Gasteiger partial charge in [-0.25, -0.2) is 9.18 Å². The standard InChI is InChI=1S/C25H31FN2O2/c1-4-30-25(29)24-21-6-5-7-23(21)28(27-24)15-14-18-8-10-19(11-9-18)20-12-13-22(26)17(3)16(20)2/h10,12-13,18H,4-9,11,14-15H2,1-3H3. The molecule has 0 saturated heterocycles. The van der Waals surface area contributed by atoms with Gasteiger partial charge in [0, 0.05) is 17.8 Å². The molecule has 0 spiro atoms. The number of aromatic nitrogens is 2. The number of carbonyl (C=O) groups is 1. The first-order valence-electron chi connectivity index (χ1n) is 11.2. The minimum atomic E-state index is -0.287. The topological polar surface area (TPSA) is 44.1 Å². The second-order valence-electron chi connectivity index (χ2n) is 8.57. The van der Waals surface area contributed by atoms with Crippen molar-refractivity contribution in [1.29, 1.82) is 0 Å². The van der Waals surface area contributed by atoms with Gasteiger partial charge in [-0.1, -0.05) is 12.1 Å². The number of allylic oxidation sites excluding steroid dienone is 2. The Morgan fingerprint density at radius 2 is 2.07 bits per heavy atom. The van der Waals surface area contributed by atoms with Crippen LogP contribution in [0.25, 0.3) is 5.57 Å². The molecule has 4 nitrogen and oxygen atoms in total. The molecule has 0 N–H and O–H groups in total. The third kappa shape index (κ3) is 3.94. The van der Waals surface area contributed by atoms with Gasteiger partial charge in [-0.2, -0.15) is 5.10 Å². The van der Waals surface area contributed by atoms with Gasteiger partial charge in [0.1, 0.15) is 5.82 Å². The number of nitrogens with zero attached hydrogens (tertiary/aromatic N) is 2. The van der Waals surface area contributed by atoms with Crippen LogP contribution in [0.5, 0.6) is 0 Å². The van der Waals surface area contributed by atoms with Gasteiger partial charge >= 0.3 is 5.97 Å². The van der Waals surface area contributed by atoms with E-state index in [1.807, 2.05) is 26.8 Å². The van der Waals surface area contributed by atoms with Crippen LogP contribution >= 0.6 is 0 Å². The highest BCUT2D eigenvalue weighted by Crippen LogP contribution is 2.35. The van der Waals surface area contributed by atoms with Crippen molar-refractivity contribution in [3.63, 3.8) is 0 Å².